The molecule has 128 valence electrons. The number of carbonyl (C=O) groups is 1. The first-order valence-electron chi connectivity index (χ1n) is 7.34. The van der Waals surface area contributed by atoms with Gasteiger partial charge in [-0.1, -0.05) is 12.1 Å². The van der Waals surface area contributed by atoms with Gasteiger partial charge in [-0.05, 0) is 24.6 Å². The molecular formula is C15H19F4N3O. The molecule has 0 saturated carbocycles. The molecule has 0 aliphatic carbocycles. The molecule has 23 heavy (non-hydrogen) atoms. The standard InChI is InChI=1S/C15H19F4N3O/c1-11(12-2-4-13(16)5-3-12)20-14(23)22-8-6-21(7-9-22)10-15(17,18)19/h2-5,11H,6-10H2,1H3,(H,20,23). The van der Waals surface area contributed by atoms with Gasteiger partial charge in [-0.3, -0.25) is 4.90 Å². The van der Waals surface area contributed by atoms with Crippen molar-refractivity contribution < 1.29 is 22.4 Å². The predicted octanol–water partition coefficient (Wildman–Crippen LogP) is 2.78. The Kier molecular flexibility index (Phi) is 5.46. The number of rotatable bonds is 3. The largest absolute Gasteiger partial charge is 0.401 e. The van der Waals surface area contributed by atoms with Crippen molar-refractivity contribution in [1.29, 1.82) is 0 Å². The Hall–Kier alpha value is -1.83. The summed E-state index contributed by atoms with van der Waals surface area (Å²) in [7, 11) is 0. The van der Waals surface area contributed by atoms with E-state index < -0.39 is 12.7 Å². The van der Waals surface area contributed by atoms with Gasteiger partial charge >= 0.3 is 12.2 Å². The van der Waals surface area contributed by atoms with Gasteiger partial charge in [0.1, 0.15) is 5.82 Å². The second kappa shape index (κ2) is 7.16. The van der Waals surface area contributed by atoms with E-state index >= 15 is 0 Å². The maximum Gasteiger partial charge on any atom is 0.401 e. The number of piperazine rings is 1. The second-order valence-corrected chi connectivity index (χ2v) is 5.60. The zero-order valence-electron chi connectivity index (χ0n) is 12.7. The monoisotopic (exact) mass is 333 g/mol. The van der Waals surface area contributed by atoms with Crippen LogP contribution in [0, 0.1) is 5.82 Å². The minimum atomic E-state index is -4.22. The molecule has 1 unspecified atom stereocenters. The minimum absolute atomic E-state index is 0.192. The first-order valence-corrected chi connectivity index (χ1v) is 7.34. The quantitative estimate of drug-likeness (QED) is 0.864. The molecule has 1 aliphatic rings. The molecule has 0 spiro atoms. The molecule has 2 rings (SSSR count). The smallest absolute Gasteiger partial charge is 0.331 e. The van der Waals surface area contributed by atoms with E-state index in [1.165, 1.54) is 21.9 Å². The van der Waals surface area contributed by atoms with Gasteiger partial charge in [0, 0.05) is 26.2 Å². The molecule has 4 nitrogen and oxygen atoms in total. The summed E-state index contributed by atoms with van der Waals surface area (Å²) in [5, 5.41) is 2.77. The van der Waals surface area contributed by atoms with Crippen LogP contribution in [-0.4, -0.2) is 54.7 Å². The summed E-state index contributed by atoms with van der Waals surface area (Å²) < 4.78 is 49.8. The van der Waals surface area contributed by atoms with Crippen LogP contribution in [-0.2, 0) is 0 Å². The number of urea groups is 1. The number of alkyl halides is 3. The lowest BCUT2D eigenvalue weighted by Crippen LogP contribution is -2.53. The van der Waals surface area contributed by atoms with E-state index in [-0.39, 0.29) is 44.1 Å². The average Bonchev–Trinajstić information content (AvgIpc) is 2.46. The lowest BCUT2D eigenvalue weighted by Gasteiger charge is -2.35. The number of benzene rings is 1. The lowest BCUT2D eigenvalue weighted by molar-refractivity contribution is -0.148. The van der Waals surface area contributed by atoms with Gasteiger partial charge in [0.05, 0.1) is 12.6 Å². The second-order valence-electron chi connectivity index (χ2n) is 5.60. The van der Waals surface area contributed by atoms with Crippen LogP contribution in [0.2, 0.25) is 0 Å². The molecule has 1 aromatic rings. The van der Waals surface area contributed by atoms with E-state index in [9.17, 15) is 22.4 Å². The van der Waals surface area contributed by atoms with E-state index in [0.29, 0.717) is 0 Å². The van der Waals surface area contributed by atoms with Crippen molar-refractivity contribution in [2.24, 2.45) is 0 Å². The first-order chi connectivity index (χ1) is 10.7. The maximum atomic E-state index is 12.9. The van der Waals surface area contributed by atoms with Crippen LogP contribution in [0.4, 0.5) is 22.4 Å². The highest BCUT2D eigenvalue weighted by atomic mass is 19.4. The van der Waals surface area contributed by atoms with Crippen molar-refractivity contribution in [3.8, 4) is 0 Å². The fraction of sp³-hybridized carbons (Fsp3) is 0.533. The minimum Gasteiger partial charge on any atom is -0.331 e. The van der Waals surface area contributed by atoms with Crippen LogP contribution in [0.3, 0.4) is 0 Å². The molecule has 1 saturated heterocycles. The van der Waals surface area contributed by atoms with Crippen LogP contribution in [0.1, 0.15) is 18.5 Å². The van der Waals surface area contributed by atoms with Crippen LogP contribution < -0.4 is 5.32 Å². The van der Waals surface area contributed by atoms with Gasteiger partial charge in [-0.25, -0.2) is 9.18 Å². The summed E-state index contributed by atoms with van der Waals surface area (Å²) in [5.74, 6) is -0.354. The summed E-state index contributed by atoms with van der Waals surface area (Å²) in [6.07, 6.45) is -4.22. The van der Waals surface area contributed by atoms with E-state index in [4.69, 9.17) is 0 Å². The van der Waals surface area contributed by atoms with Gasteiger partial charge in [0.2, 0.25) is 0 Å². The molecule has 1 atom stereocenters. The normalized spacial score (nSPS) is 17.9. The van der Waals surface area contributed by atoms with Gasteiger partial charge < -0.3 is 10.2 Å². The van der Waals surface area contributed by atoms with E-state index in [0.717, 1.165) is 5.56 Å². The van der Waals surface area contributed by atoms with E-state index in [1.54, 1.807) is 19.1 Å². The van der Waals surface area contributed by atoms with Crippen LogP contribution in [0.25, 0.3) is 0 Å². The zero-order valence-corrected chi connectivity index (χ0v) is 12.7. The Labute approximate surface area is 132 Å². The summed E-state index contributed by atoms with van der Waals surface area (Å²) in [4.78, 5) is 14.9. The summed E-state index contributed by atoms with van der Waals surface area (Å²) in [6.45, 7) is 1.70. The highest BCUT2D eigenvalue weighted by Crippen LogP contribution is 2.18. The molecule has 1 aromatic carbocycles. The third kappa shape index (κ3) is 5.38. The summed E-state index contributed by atoms with van der Waals surface area (Å²) in [5.41, 5.74) is 0.760. The summed E-state index contributed by atoms with van der Waals surface area (Å²) in [6, 6.07) is 5.16. The average molecular weight is 333 g/mol. The molecule has 1 fully saturated rings. The molecule has 0 aromatic heterocycles. The highest BCUT2D eigenvalue weighted by molar-refractivity contribution is 5.74. The third-order valence-corrected chi connectivity index (χ3v) is 3.77. The zero-order chi connectivity index (χ0) is 17.0. The van der Waals surface area contributed by atoms with Crippen molar-refractivity contribution in [2.75, 3.05) is 32.7 Å². The van der Waals surface area contributed by atoms with E-state index in [1.807, 2.05) is 0 Å². The molecular weight excluding hydrogens is 314 g/mol. The fourth-order valence-corrected chi connectivity index (χ4v) is 2.47. The van der Waals surface area contributed by atoms with Crippen molar-refractivity contribution in [3.63, 3.8) is 0 Å². The van der Waals surface area contributed by atoms with Crippen molar-refractivity contribution >= 4 is 6.03 Å². The third-order valence-electron chi connectivity index (χ3n) is 3.77. The lowest BCUT2D eigenvalue weighted by atomic mass is 10.1. The first kappa shape index (κ1) is 17.5. The molecule has 1 N–H and O–H groups in total. The van der Waals surface area contributed by atoms with Gasteiger partial charge in [-0.2, -0.15) is 13.2 Å². The van der Waals surface area contributed by atoms with Crippen molar-refractivity contribution in [1.82, 2.24) is 15.1 Å². The molecule has 0 bridgehead atoms. The number of hydrogen-bond acceptors (Lipinski definition) is 2. The van der Waals surface area contributed by atoms with Crippen LogP contribution in [0.15, 0.2) is 24.3 Å². The molecule has 1 heterocycles. The van der Waals surface area contributed by atoms with Crippen LogP contribution >= 0.6 is 0 Å². The van der Waals surface area contributed by atoms with Crippen LogP contribution in [0.5, 0.6) is 0 Å². The van der Waals surface area contributed by atoms with E-state index in [2.05, 4.69) is 5.32 Å². The predicted molar refractivity (Wildman–Crippen MR) is 77.4 cm³/mol. The Balaban J connectivity index is 1.82. The Bertz CT molecular complexity index is 525. The summed E-state index contributed by atoms with van der Waals surface area (Å²) >= 11 is 0. The van der Waals surface area contributed by atoms with Gasteiger partial charge in [0.15, 0.2) is 0 Å². The van der Waals surface area contributed by atoms with Crippen molar-refractivity contribution in [2.45, 2.75) is 19.1 Å². The number of carbonyl (C=O) groups excluding carboxylic acids is 1. The Morgan fingerprint density at radius 2 is 1.74 bits per heavy atom. The number of amides is 2. The number of nitrogens with one attached hydrogen (secondary N) is 1. The number of halogens is 4. The SMILES string of the molecule is CC(NC(=O)N1CCN(CC(F)(F)F)CC1)c1ccc(F)cc1. The Morgan fingerprint density at radius 3 is 2.26 bits per heavy atom. The highest BCUT2D eigenvalue weighted by Gasteiger charge is 2.32. The maximum absolute atomic E-state index is 12.9. The fourth-order valence-electron chi connectivity index (χ4n) is 2.47. The van der Waals surface area contributed by atoms with Gasteiger partial charge in [0.25, 0.3) is 0 Å². The molecule has 1 aliphatic heterocycles. The molecule has 0 radical (unpaired) electrons. The van der Waals surface area contributed by atoms with Gasteiger partial charge in [-0.15, -0.1) is 0 Å². The number of nitrogens with zero attached hydrogens (tertiary/aromatic N) is 2. The van der Waals surface area contributed by atoms with Crippen molar-refractivity contribution in [3.05, 3.63) is 35.6 Å². The molecule has 8 heteroatoms. The molecule has 2 amide bonds. The Morgan fingerprint density at radius 1 is 1.17 bits per heavy atom. The number of hydrogen-bond donors (Lipinski definition) is 1. The topological polar surface area (TPSA) is 35.6 Å².